The number of rotatable bonds is 4. The second kappa shape index (κ2) is 5.10. The Morgan fingerprint density at radius 1 is 1.35 bits per heavy atom. The summed E-state index contributed by atoms with van der Waals surface area (Å²) >= 11 is 0. The zero-order chi connectivity index (χ0) is 14.2. The number of benzene rings is 1. The van der Waals surface area contributed by atoms with Crippen molar-refractivity contribution in [3.8, 4) is 0 Å². The first-order chi connectivity index (χ1) is 9.58. The first-order valence-electron chi connectivity index (χ1n) is 6.83. The van der Waals surface area contributed by atoms with Crippen molar-refractivity contribution in [1.29, 1.82) is 0 Å². The third-order valence-corrected chi connectivity index (χ3v) is 5.82. The normalized spacial score (nSPS) is 18.6. The van der Waals surface area contributed by atoms with Crippen molar-refractivity contribution in [3.05, 3.63) is 30.5 Å². The molecule has 0 aliphatic carbocycles. The van der Waals surface area contributed by atoms with Crippen LogP contribution in [0, 0.1) is 0 Å². The third kappa shape index (κ3) is 2.41. The molecule has 0 bridgehead atoms. The first kappa shape index (κ1) is 13.5. The molecular formula is C14H19N3O2S. The van der Waals surface area contributed by atoms with Crippen LogP contribution < -0.4 is 4.90 Å². The van der Waals surface area contributed by atoms with Crippen molar-refractivity contribution in [2.75, 3.05) is 37.3 Å². The monoisotopic (exact) mass is 293 g/mol. The number of nitrogens with one attached hydrogen (secondary N) is 1. The van der Waals surface area contributed by atoms with Gasteiger partial charge in [-0.3, -0.25) is 0 Å². The Labute approximate surface area is 119 Å². The molecule has 1 saturated heterocycles. The fourth-order valence-corrected chi connectivity index (χ4v) is 4.23. The molecule has 0 saturated carbocycles. The van der Waals surface area contributed by atoms with Crippen LogP contribution in [0.1, 0.15) is 6.42 Å². The van der Waals surface area contributed by atoms with E-state index in [1.165, 1.54) is 5.39 Å². The van der Waals surface area contributed by atoms with E-state index >= 15 is 0 Å². The molecule has 108 valence electrons. The molecule has 5 nitrogen and oxygen atoms in total. The van der Waals surface area contributed by atoms with Gasteiger partial charge in [0.05, 0.1) is 17.0 Å². The van der Waals surface area contributed by atoms with E-state index in [1.807, 2.05) is 25.4 Å². The van der Waals surface area contributed by atoms with E-state index in [1.54, 1.807) is 4.31 Å². The molecule has 3 rings (SSSR count). The lowest BCUT2D eigenvalue weighted by Crippen LogP contribution is -2.34. The number of hydrogen-bond acceptors (Lipinski definition) is 3. The van der Waals surface area contributed by atoms with Crippen molar-refractivity contribution < 1.29 is 8.42 Å². The Bertz CT molecular complexity index is 708. The van der Waals surface area contributed by atoms with Crippen LogP contribution in [0.25, 0.3) is 10.9 Å². The van der Waals surface area contributed by atoms with E-state index in [-0.39, 0.29) is 0 Å². The highest BCUT2D eigenvalue weighted by atomic mass is 32.2. The maximum atomic E-state index is 11.8. The number of hydrogen-bond donors (Lipinski definition) is 1. The number of H-pyrrole nitrogens is 1. The smallest absolute Gasteiger partial charge is 0.214 e. The lowest BCUT2D eigenvalue weighted by atomic mass is 10.2. The Hall–Kier alpha value is -1.53. The minimum Gasteiger partial charge on any atom is -0.372 e. The van der Waals surface area contributed by atoms with Gasteiger partial charge in [0.2, 0.25) is 10.0 Å². The highest BCUT2D eigenvalue weighted by Gasteiger charge is 2.27. The van der Waals surface area contributed by atoms with Gasteiger partial charge in [-0.25, -0.2) is 12.7 Å². The number of fused-ring (bicyclic) bond motifs is 1. The topological polar surface area (TPSA) is 56.4 Å². The quantitative estimate of drug-likeness (QED) is 0.932. The summed E-state index contributed by atoms with van der Waals surface area (Å²) in [5.74, 6) is 0.295. The van der Waals surface area contributed by atoms with Crippen molar-refractivity contribution >= 4 is 26.6 Å². The zero-order valence-corrected chi connectivity index (χ0v) is 12.4. The van der Waals surface area contributed by atoms with Gasteiger partial charge in [-0.05, 0) is 18.6 Å². The fraction of sp³-hybridized carbons (Fsp3) is 0.429. The summed E-state index contributed by atoms with van der Waals surface area (Å²) in [6.07, 6.45) is 2.67. The predicted octanol–water partition coefficient (Wildman–Crippen LogP) is 1.64. The highest BCUT2D eigenvalue weighted by molar-refractivity contribution is 7.89. The van der Waals surface area contributed by atoms with Crippen LogP contribution in [-0.2, 0) is 10.0 Å². The van der Waals surface area contributed by atoms with Crippen LogP contribution in [0.4, 0.5) is 5.69 Å². The first-order valence-corrected chi connectivity index (χ1v) is 8.44. The van der Waals surface area contributed by atoms with Gasteiger partial charge < -0.3 is 9.88 Å². The van der Waals surface area contributed by atoms with E-state index in [4.69, 9.17) is 0 Å². The van der Waals surface area contributed by atoms with Crippen LogP contribution >= 0.6 is 0 Å². The summed E-state index contributed by atoms with van der Waals surface area (Å²) in [7, 11) is -0.999. The molecular weight excluding hydrogens is 274 g/mol. The average Bonchev–Trinajstić information content (AvgIpc) is 3.01. The number of sulfonamides is 1. The number of aromatic nitrogens is 1. The summed E-state index contributed by atoms with van der Waals surface area (Å²) < 4.78 is 25.2. The lowest BCUT2D eigenvalue weighted by Gasteiger charge is -2.23. The van der Waals surface area contributed by atoms with Crippen molar-refractivity contribution in [2.45, 2.75) is 6.42 Å². The molecule has 0 unspecified atom stereocenters. The molecule has 1 aliphatic heterocycles. The number of nitrogens with zero attached hydrogens (tertiary/aromatic N) is 2. The summed E-state index contributed by atoms with van der Waals surface area (Å²) in [4.78, 5) is 5.34. The van der Waals surface area contributed by atoms with E-state index in [9.17, 15) is 8.42 Å². The molecule has 1 aromatic carbocycles. The summed E-state index contributed by atoms with van der Waals surface area (Å²) in [5, 5.41) is 1.17. The molecule has 2 heterocycles. The van der Waals surface area contributed by atoms with Gasteiger partial charge in [0.1, 0.15) is 0 Å². The highest BCUT2D eigenvalue weighted by Crippen LogP contribution is 2.24. The fourth-order valence-electron chi connectivity index (χ4n) is 2.71. The second-order valence-electron chi connectivity index (χ2n) is 5.21. The number of likely N-dealkylation sites (N-methyl/N-ethyl adjacent to an activating group) is 1. The maximum absolute atomic E-state index is 11.8. The van der Waals surface area contributed by atoms with Gasteiger partial charge >= 0.3 is 0 Å². The molecule has 0 amide bonds. The summed E-state index contributed by atoms with van der Waals surface area (Å²) in [5.41, 5.74) is 2.20. The van der Waals surface area contributed by atoms with Crippen LogP contribution in [-0.4, -0.2) is 50.1 Å². The van der Waals surface area contributed by atoms with Gasteiger partial charge in [-0.2, -0.15) is 0 Å². The van der Waals surface area contributed by atoms with Crippen molar-refractivity contribution in [3.63, 3.8) is 0 Å². The van der Waals surface area contributed by atoms with Crippen molar-refractivity contribution in [2.24, 2.45) is 0 Å². The standard InChI is InChI=1S/C14H19N3O2S/c1-16(9-10-17-8-3-11-20(17,18)19)13-5-2-4-12-6-7-15-14(12)13/h2,4-7,15H,3,8-11H2,1H3. The molecule has 0 spiro atoms. The van der Waals surface area contributed by atoms with Gasteiger partial charge in [0.25, 0.3) is 0 Å². The predicted molar refractivity (Wildman–Crippen MR) is 81.5 cm³/mol. The van der Waals surface area contributed by atoms with E-state index in [0.29, 0.717) is 25.4 Å². The summed E-state index contributed by atoms with van der Waals surface area (Å²) in [6.45, 7) is 1.90. The molecule has 0 atom stereocenters. The van der Waals surface area contributed by atoms with Gasteiger partial charge in [0, 0.05) is 38.3 Å². The van der Waals surface area contributed by atoms with Gasteiger partial charge in [-0.15, -0.1) is 0 Å². The maximum Gasteiger partial charge on any atom is 0.214 e. The molecule has 1 aliphatic rings. The zero-order valence-electron chi connectivity index (χ0n) is 11.5. The molecule has 2 aromatic rings. The van der Waals surface area contributed by atoms with Crippen LogP contribution in [0.5, 0.6) is 0 Å². The number of aromatic amines is 1. The minimum absolute atomic E-state index is 0.295. The van der Waals surface area contributed by atoms with Crippen molar-refractivity contribution in [1.82, 2.24) is 9.29 Å². The molecule has 0 radical (unpaired) electrons. The second-order valence-corrected chi connectivity index (χ2v) is 7.30. The van der Waals surface area contributed by atoms with E-state index in [2.05, 4.69) is 22.0 Å². The Morgan fingerprint density at radius 3 is 2.95 bits per heavy atom. The van der Waals surface area contributed by atoms with E-state index in [0.717, 1.165) is 17.6 Å². The number of para-hydroxylation sites is 1. The Morgan fingerprint density at radius 2 is 2.20 bits per heavy atom. The Balaban J connectivity index is 1.73. The summed E-state index contributed by atoms with van der Waals surface area (Å²) in [6, 6.07) is 8.18. The molecule has 1 fully saturated rings. The van der Waals surface area contributed by atoms with Gasteiger partial charge in [0.15, 0.2) is 0 Å². The molecule has 20 heavy (non-hydrogen) atoms. The largest absolute Gasteiger partial charge is 0.372 e. The number of anilines is 1. The molecule has 6 heteroatoms. The van der Waals surface area contributed by atoms with Crippen LogP contribution in [0.3, 0.4) is 0 Å². The lowest BCUT2D eigenvalue weighted by molar-refractivity contribution is 0.449. The van der Waals surface area contributed by atoms with Gasteiger partial charge in [-0.1, -0.05) is 12.1 Å². The minimum atomic E-state index is -3.00. The molecule has 1 N–H and O–H groups in total. The van der Waals surface area contributed by atoms with Crippen LogP contribution in [0.2, 0.25) is 0 Å². The van der Waals surface area contributed by atoms with Crippen LogP contribution in [0.15, 0.2) is 30.5 Å². The Kier molecular flexibility index (Phi) is 3.43. The average molecular weight is 293 g/mol. The SMILES string of the molecule is CN(CCN1CCCS1(=O)=O)c1cccc2cc[nH]c12. The van der Waals surface area contributed by atoms with E-state index < -0.39 is 10.0 Å². The molecule has 1 aromatic heterocycles. The third-order valence-electron chi connectivity index (χ3n) is 3.86.